The molecule has 2 heterocycles. The Morgan fingerprint density at radius 3 is 2.76 bits per heavy atom. The molecule has 0 unspecified atom stereocenters. The summed E-state index contributed by atoms with van der Waals surface area (Å²) < 4.78 is 13.4. The number of amides is 1. The van der Waals surface area contributed by atoms with E-state index in [1.807, 2.05) is 26.0 Å². The molecule has 1 aromatic carbocycles. The van der Waals surface area contributed by atoms with Crippen LogP contribution in [0.4, 0.5) is 0 Å². The number of hydrogen-bond donors (Lipinski definition) is 1. The van der Waals surface area contributed by atoms with Crippen LogP contribution in [-0.4, -0.2) is 35.1 Å². The number of benzene rings is 1. The zero-order chi connectivity index (χ0) is 23.8. The van der Waals surface area contributed by atoms with Crippen LogP contribution in [0.2, 0.25) is 0 Å². The molecule has 2 aromatic heterocycles. The zero-order valence-corrected chi connectivity index (χ0v) is 19.9. The van der Waals surface area contributed by atoms with Gasteiger partial charge in [-0.25, -0.2) is 0 Å². The first-order valence-corrected chi connectivity index (χ1v) is 11.2. The molecule has 0 aliphatic heterocycles. The average Bonchev–Trinajstić information content (AvgIpc) is 2.81. The predicted molar refractivity (Wildman–Crippen MR) is 128 cm³/mol. The van der Waals surface area contributed by atoms with Crippen molar-refractivity contribution in [1.82, 2.24) is 14.7 Å². The van der Waals surface area contributed by atoms with Gasteiger partial charge in [-0.1, -0.05) is 22.0 Å². The summed E-state index contributed by atoms with van der Waals surface area (Å²) in [6.07, 6.45) is 3.41. The molecule has 0 bridgehead atoms. The maximum atomic E-state index is 13.3. The lowest BCUT2D eigenvalue weighted by atomic mass is 10.1. The number of carbonyl (C=O) groups excluding carboxylic acids is 1. The van der Waals surface area contributed by atoms with Crippen LogP contribution in [0.5, 0.6) is 11.6 Å². The summed E-state index contributed by atoms with van der Waals surface area (Å²) in [5, 5.41) is 12.2. The summed E-state index contributed by atoms with van der Waals surface area (Å²) in [4.78, 5) is 30.3. The molecule has 3 rings (SSSR count). The molecule has 0 atom stereocenters. The normalized spacial score (nSPS) is 11.3. The molecular weight excluding hydrogens is 488 g/mol. The molecule has 0 aliphatic carbocycles. The summed E-state index contributed by atoms with van der Waals surface area (Å²) in [6, 6.07) is 12.4. The fourth-order valence-electron chi connectivity index (χ4n) is 3.02. The number of carbonyl (C=O) groups is 1. The minimum Gasteiger partial charge on any atom is -0.438 e. The van der Waals surface area contributed by atoms with Crippen molar-refractivity contribution in [2.45, 2.75) is 20.3 Å². The molecule has 0 saturated heterocycles. The van der Waals surface area contributed by atoms with Crippen molar-refractivity contribution < 1.29 is 14.3 Å². The molecule has 1 N–H and O–H groups in total. The van der Waals surface area contributed by atoms with Crippen molar-refractivity contribution in [1.29, 1.82) is 5.26 Å². The van der Waals surface area contributed by atoms with E-state index in [-0.39, 0.29) is 17.0 Å². The number of hydrogen-bond acceptors (Lipinski definition) is 6. The number of aryl methyl sites for hydroxylation is 1. The molecular formula is C24H23BrN4O4. The van der Waals surface area contributed by atoms with Crippen molar-refractivity contribution >= 4 is 33.6 Å². The van der Waals surface area contributed by atoms with Crippen LogP contribution in [0.1, 0.15) is 24.5 Å². The Bertz CT molecular complexity index is 1280. The minimum atomic E-state index is -0.586. The molecule has 3 aromatic rings. The van der Waals surface area contributed by atoms with Gasteiger partial charge in [-0.05, 0) is 62.2 Å². The van der Waals surface area contributed by atoms with Crippen LogP contribution < -0.4 is 15.6 Å². The topological polar surface area (TPSA) is 106 Å². The van der Waals surface area contributed by atoms with Crippen LogP contribution in [0.3, 0.4) is 0 Å². The van der Waals surface area contributed by atoms with E-state index in [1.165, 1.54) is 10.5 Å². The SMILES string of the molecule is CCOCCCNC(=O)/C(C#N)=C/c1c(Oc2ccc(Br)cc2)nc2c(C)cccn2c1=O. The predicted octanol–water partition coefficient (Wildman–Crippen LogP) is 4.01. The Balaban J connectivity index is 2.02. The monoisotopic (exact) mass is 510 g/mol. The van der Waals surface area contributed by atoms with Gasteiger partial charge in [0.05, 0.1) is 0 Å². The van der Waals surface area contributed by atoms with E-state index in [2.05, 4.69) is 26.2 Å². The van der Waals surface area contributed by atoms with Gasteiger partial charge in [-0.2, -0.15) is 10.2 Å². The maximum Gasteiger partial charge on any atom is 0.269 e. The van der Waals surface area contributed by atoms with Crippen LogP contribution in [0.15, 0.2) is 57.4 Å². The maximum absolute atomic E-state index is 13.3. The first kappa shape index (κ1) is 24.2. The molecule has 33 heavy (non-hydrogen) atoms. The molecule has 0 aliphatic rings. The largest absolute Gasteiger partial charge is 0.438 e. The minimum absolute atomic E-state index is 0.00188. The van der Waals surface area contributed by atoms with E-state index in [1.54, 1.807) is 36.5 Å². The number of nitrogens with zero attached hydrogens (tertiary/aromatic N) is 3. The second-order valence-corrected chi connectivity index (χ2v) is 7.97. The third-order valence-electron chi connectivity index (χ3n) is 4.69. The summed E-state index contributed by atoms with van der Waals surface area (Å²) in [7, 11) is 0. The van der Waals surface area contributed by atoms with Crippen LogP contribution in [0.25, 0.3) is 11.7 Å². The fraction of sp³-hybridized carbons (Fsp3) is 0.250. The van der Waals surface area contributed by atoms with Gasteiger partial charge in [0.2, 0.25) is 5.88 Å². The first-order valence-electron chi connectivity index (χ1n) is 10.4. The van der Waals surface area contributed by atoms with Crippen LogP contribution in [-0.2, 0) is 9.53 Å². The molecule has 0 saturated carbocycles. The number of rotatable bonds is 9. The van der Waals surface area contributed by atoms with Gasteiger partial charge in [0.15, 0.2) is 0 Å². The number of nitriles is 1. The van der Waals surface area contributed by atoms with E-state index in [0.717, 1.165) is 10.0 Å². The zero-order valence-electron chi connectivity index (χ0n) is 18.3. The van der Waals surface area contributed by atoms with Crippen molar-refractivity contribution in [3.63, 3.8) is 0 Å². The summed E-state index contributed by atoms with van der Waals surface area (Å²) in [5.41, 5.74) is 0.525. The van der Waals surface area contributed by atoms with Crippen molar-refractivity contribution in [2.75, 3.05) is 19.8 Å². The highest BCUT2D eigenvalue weighted by Gasteiger charge is 2.18. The molecule has 0 radical (unpaired) electrons. The third-order valence-corrected chi connectivity index (χ3v) is 5.22. The highest BCUT2D eigenvalue weighted by Crippen LogP contribution is 2.26. The van der Waals surface area contributed by atoms with Gasteiger partial charge < -0.3 is 14.8 Å². The Hall–Kier alpha value is -3.48. The van der Waals surface area contributed by atoms with Crippen molar-refractivity contribution in [3.05, 3.63) is 74.1 Å². The van der Waals surface area contributed by atoms with Crippen LogP contribution in [0, 0.1) is 18.3 Å². The van der Waals surface area contributed by atoms with Gasteiger partial charge in [0.25, 0.3) is 11.5 Å². The standard InChI is InChI=1S/C24H23BrN4O4/c1-3-32-13-5-11-27-22(30)17(15-26)14-20-23(33-19-9-7-18(25)8-10-19)28-21-16(2)6-4-12-29(21)24(20)31/h4,6-10,12,14H,3,5,11,13H2,1-2H3,(H,27,30)/b17-14+. The number of nitrogens with one attached hydrogen (secondary N) is 1. The number of halogens is 1. The van der Waals surface area contributed by atoms with Crippen LogP contribution >= 0.6 is 15.9 Å². The summed E-state index contributed by atoms with van der Waals surface area (Å²) in [5.74, 6) is -0.123. The molecule has 0 spiro atoms. The van der Waals surface area contributed by atoms with Crippen molar-refractivity contribution in [3.8, 4) is 17.7 Å². The lowest BCUT2D eigenvalue weighted by molar-refractivity contribution is -0.117. The van der Waals surface area contributed by atoms with E-state index in [9.17, 15) is 14.9 Å². The van der Waals surface area contributed by atoms with Gasteiger partial charge in [-0.15, -0.1) is 0 Å². The van der Waals surface area contributed by atoms with Gasteiger partial charge >= 0.3 is 0 Å². The van der Waals surface area contributed by atoms with E-state index >= 15 is 0 Å². The second kappa shape index (κ2) is 11.4. The van der Waals surface area contributed by atoms with E-state index in [0.29, 0.717) is 37.6 Å². The molecule has 8 nitrogen and oxygen atoms in total. The average molecular weight is 511 g/mol. The molecule has 170 valence electrons. The third kappa shape index (κ3) is 6.06. The highest BCUT2D eigenvalue weighted by atomic mass is 79.9. The van der Waals surface area contributed by atoms with Crippen molar-refractivity contribution in [2.24, 2.45) is 0 Å². The van der Waals surface area contributed by atoms with E-state index in [4.69, 9.17) is 9.47 Å². The van der Waals surface area contributed by atoms with E-state index < -0.39 is 11.5 Å². The quantitative estimate of drug-likeness (QED) is 0.265. The lowest BCUT2D eigenvalue weighted by Crippen LogP contribution is -2.27. The smallest absolute Gasteiger partial charge is 0.269 e. The van der Waals surface area contributed by atoms with Gasteiger partial charge in [0, 0.05) is 30.4 Å². The second-order valence-electron chi connectivity index (χ2n) is 7.05. The molecule has 0 fully saturated rings. The molecule has 1 amide bonds. The number of ether oxygens (including phenoxy) is 2. The van der Waals surface area contributed by atoms with Gasteiger partial charge in [-0.3, -0.25) is 14.0 Å². The number of pyridine rings is 1. The Kier molecular flexibility index (Phi) is 8.35. The Labute approximate surface area is 199 Å². The lowest BCUT2D eigenvalue weighted by Gasteiger charge is -2.11. The number of aromatic nitrogens is 2. The fourth-order valence-corrected chi connectivity index (χ4v) is 3.28. The summed E-state index contributed by atoms with van der Waals surface area (Å²) >= 11 is 3.37. The van der Waals surface area contributed by atoms with Gasteiger partial charge in [0.1, 0.15) is 28.6 Å². The Morgan fingerprint density at radius 2 is 2.06 bits per heavy atom. The summed E-state index contributed by atoms with van der Waals surface area (Å²) in [6.45, 7) is 5.16. The Morgan fingerprint density at radius 1 is 1.30 bits per heavy atom. The molecule has 9 heteroatoms. The first-order chi connectivity index (χ1) is 15.9. The number of fused-ring (bicyclic) bond motifs is 1. The highest BCUT2D eigenvalue weighted by molar-refractivity contribution is 9.10.